The molecule has 4 heteroatoms. The average molecular weight is 240 g/mol. The van der Waals surface area contributed by atoms with E-state index in [2.05, 4.69) is 11.6 Å². The van der Waals surface area contributed by atoms with Gasteiger partial charge >= 0.3 is 0 Å². The molecule has 1 atom stereocenters. The topological polar surface area (TPSA) is 47.3 Å². The highest BCUT2D eigenvalue weighted by atomic mass is 32.2. The molecule has 0 radical (unpaired) electrons. The van der Waals surface area contributed by atoms with Gasteiger partial charge in [-0.3, -0.25) is 0 Å². The first kappa shape index (κ1) is 13.2. The van der Waals surface area contributed by atoms with Gasteiger partial charge < -0.3 is 15.8 Å². The number of anilines is 1. The van der Waals surface area contributed by atoms with Crippen molar-refractivity contribution in [2.75, 3.05) is 31.0 Å². The van der Waals surface area contributed by atoms with E-state index in [4.69, 9.17) is 10.5 Å². The molecule has 0 saturated heterocycles. The van der Waals surface area contributed by atoms with Gasteiger partial charge in [0.15, 0.2) is 0 Å². The minimum absolute atomic E-state index is 0.348. The van der Waals surface area contributed by atoms with Crippen molar-refractivity contribution in [3.05, 3.63) is 24.3 Å². The predicted molar refractivity (Wildman–Crippen MR) is 72.5 cm³/mol. The van der Waals surface area contributed by atoms with Gasteiger partial charge in [0, 0.05) is 18.3 Å². The smallest absolute Gasteiger partial charge is 0.119 e. The fraction of sp³-hybridized carbons (Fsp3) is 0.500. The standard InChI is InChI=1S/C12H20N2OS/c1-15-12-5-3-10(4-6-12)14-11(9-13)7-8-16-2/h3-6,11,14H,7-9,13H2,1-2H3. The lowest BCUT2D eigenvalue weighted by Gasteiger charge is -2.17. The van der Waals surface area contributed by atoms with Gasteiger partial charge in [0.05, 0.1) is 7.11 Å². The van der Waals surface area contributed by atoms with Gasteiger partial charge in [-0.05, 0) is 42.7 Å². The van der Waals surface area contributed by atoms with Crippen LogP contribution in [-0.2, 0) is 0 Å². The van der Waals surface area contributed by atoms with Crippen LogP contribution in [0.4, 0.5) is 5.69 Å². The molecular formula is C12H20N2OS. The van der Waals surface area contributed by atoms with Crippen molar-refractivity contribution in [1.29, 1.82) is 0 Å². The summed E-state index contributed by atoms with van der Waals surface area (Å²) >= 11 is 1.85. The van der Waals surface area contributed by atoms with Crippen LogP contribution in [0.2, 0.25) is 0 Å². The van der Waals surface area contributed by atoms with Gasteiger partial charge in [-0.2, -0.15) is 11.8 Å². The number of hydrogen-bond donors (Lipinski definition) is 2. The molecule has 1 aromatic carbocycles. The number of ether oxygens (including phenoxy) is 1. The maximum Gasteiger partial charge on any atom is 0.119 e. The Morgan fingerprint density at radius 3 is 2.56 bits per heavy atom. The van der Waals surface area contributed by atoms with Crippen molar-refractivity contribution < 1.29 is 4.74 Å². The molecule has 1 aromatic rings. The molecule has 0 heterocycles. The van der Waals surface area contributed by atoms with Crippen molar-refractivity contribution in [2.45, 2.75) is 12.5 Å². The van der Waals surface area contributed by atoms with E-state index >= 15 is 0 Å². The van der Waals surface area contributed by atoms with Gasteiger partial charge in [0.25, 0.3) is 0 Å². The van der Waals surface area contributed by atoms with Crippen molar-refractivity contribution in [3.63, 3.8) is 0 Å². The molecule has 16 heavy (non-hydrogen) atoms. The normalized spacial score (nSPS) is 12.2. The van der Waals surface area contributed by atoms with Crippen LogP contribution < -0.4 is 15.8 Å². The van der Waals surface area contributed by atoms with Crippen LogP contribution in [0.1, 0.15) is 6.42 Å². The van der Waals surface area contributed by atoms with Crippen molar-refractivity contribution in [2.24, 2.45) is 5.73 Å². The molecule has 3 N–H and O–H groups in total. The lowest BCUT2D eigenvalue weighted by Crippen LogP contribution is -2.29. The van der Waals surface area contributed by atoms with E-state index in [0.29, 0.717) is 12.6 Å². The minimum atomic E-state index is 0.348. The van der Waals surface area contributed by atoms with Crippen molar-refractivity contribution >= 4 is 17.4 Å². The van der Waals surface area contributed by atoms with E-state index in [1.807, 2.05) is 36.0 Å². The third kappa shape index (κ3) is 4.33. The number of methoxy groups -OCH3 is 1. The molecule has 1 unspecified atom stereocenters. The highest BCUT2D eigenvalue weighted by molar-refractivity contribution is 7.98. The molecular weight excluding hydrogens is 220 g/mol. The lowest BCUT2D eigenvalue weighted by molar-refractivity contribution is 0.415. The first-order valence-corrected chi connectivity index (χ1v) is 6.79. The fourth-order valence-electron chi connectivity index (χ4n) is 1.43. The fourth-order valence-corrected chi connectivity index (χ4v) is 1.95. The molecule has 0 fully saturated rings. The van der Waals surface area contributed by atoms with Gasteiger partial charge in [0.2, 0.25) is 0 Å². The summed E-state index contributed by atoms with van der Waals surface area (Å²) in [4.78, 5) is 0. The maximum atomic E-state index is 5.72. The summed E-state index contributed by atoms with van der Waals surface area (Å²) in [5.74, 6) is 2.00. The molecule has 0 amide bonds. The summed E-state index contributed by atoms with van der Waals surface area (Å²) in [5.41, 5.74) is 6.82. The second-order valence-electron chi connectivity index (χ2n) is 3.59. The van der Waals surface area contributed by atoms with Crippen molar-refractivity contribution in [1.82, 2.24) is 0 Å². The molecule has 0 saturated carbocycles. The van der Waals surface area contributed by atoms with Crippen molar-refractivity contribution in [3.8, 4) is 5.75 Å². The van der Waals surface area contributed by atoms with E-state index < -0.39 is 0 Å². The Bertz CT molecular complexity index is 290. The molecule has 0 aliphatic carbocycles. The van der Waals surface area contributed by atoms with E-state index in [1.165, 1.54) is 0 Å². The lowest BCUT2D eigenvalue weighted by atomic mass is 10.2. The molecule has 0 aliphatic rings. The summed E-state index contributed by atoms with van der Waals surface area (Å²) in [6.45, 7) is 0.659. The van der Waals surface area contributed by atoms with Crippen LogP contribution in [0.25, 0.3) is 0 Å². The molecule has 0 aliphatic heterocycles. The third-order valence-corrected chi connectivity index (χ3v) is 3.06. The second-order valence-corrected chi connectivity index (χ2v) is 4.57. The van der Waals surface area contributed by atoms with Gasteiger partial charge in [-0.15, -0.1) is 0 Å². The summed E-state index contributed by atoms with van der Waals surface area (Å²) in [6.07, 6.45) is 3.20. The molecule has 90 valence electrons. The van der Waals surface area contributed by atoms with Crippen LogP contribution >= 0.6 is 11.8 Å². The van der Waals surface area contributed by atoms with Crippen LogP contribution in [-0.4, -0.2) is 31.7 Å². The quantitative estimate of drug-likeness (QED) is 0.767. The Kier molecular flexibility index (Phi) is 6.11. The van der Waals surface area contributed by atoms with E-state index in [0.717, 1.165) is 23.6 Å². The Morgan fingerprint density at radius 1 is 1.38 bits per heavy atom. The summed E-state index contributed by atoms with van der Waals surface area (Å²) < 4.78 is 5.11. The zero-order valence-corrected chi connectivity index (χ0v) is 10.7. The number of rotatable bonds is 7. The first-order valence-electron chi connectivity index (χ1n) is 5.39. The molecule has 0 aromatic heterocycles. The number of nitrogens with one attached hydrogen (secondary N) is 1. The zero-order valence-electron chi connectivity index (χ0n) is 9.90. The molecule has 3 nitrogen and oxygen atoms in total. The maximum absolute atomic E-state index is 5.72. The van der Waals surface area contributed by atoms with Gasteiger partial charge in [0.1, 0.15) is 5.75 Å². The molecule has 1 rings (SSSR count). The SMILES string of the molecule is COc1ccc(NC(CN)CCSC)cc1. The number of benzene rings is 1. The summed E-state index contributed by atoms with van der Waals surface area (Å²) in [6, 6.07) is 8.27. The van der Waals surface area contributed by atoms with Crippen LogP contribution in [0.15, 0.2) is 24.3 Å². The zero-order chi connectivity index (χ0) is 11.8. The minimum Gasteiger partial charge on any atom is -0.497 e. The predicted octanol–water partition coefficient (Wildman–Crippen LogP) is 2.19. The largest absolute Gasteiger partial charge is 0.497 e. The van der Waals surface area contributed by atoms with Gasteiger partial charge in [-0.25, -0.2) is 0 Å². The first-order chi connectivity index (χ1) is 7.80. The summed E-state index contributed by atoms with van der Waals surface area (Å²) in [5, 5.41) is 3.42. The summed E-state index contributed by atoms with van der Waals surface area (Å²) in [7, 11) is 1.67. The third-order valence-electron chi connectivity index (χ3n) is 2.42. The van der Waals surface area contributed by atoms with E-state index in [9.17, 15) is 0 Å². The Hall–Kier alpha value is -0.870. The van der Waals surface area contributed by atoms with Crippen LogP contribution in [0, 0.1) is 0 Å². The Balaban J connectivity index is 2.49. The Morgan fingerprint density at radius 2 is 2.06 bits per heavy atom. The second kappa shape index (κ2) is 7.41. The van der Waals surface area contributed by atoms with E-state index in [1.54, 1.807) is 7.11 Å². The van der Waals surface area contributed by atoms with E-state index in [-0.39, 0.29) is 0 Å². The Labute approximate surface area is 102 Å². The molecule has 0 spiro atoms. The highest BCUT2D eigenvalue weighted by Crippen LogP contribution is 2.16. The van der Waals surface area contributed by atoms with Crippen LogP contribution in [0.5, 0.6) is 5.75 Å². The monoisotopic (exact) mass is 240 g/mol. The highest BCUT2D eigenvalue weighted by Gasteiger charge is 2.05. The van der Waals surface area contributed by atoms with Gasteiger partial charge in [-0.1, -0.05) is 0 Å². The number of hydrogen-bond acceptors (Lipinski definition) is 4. The molecule has 0 bridgehead atoms. The van der Waals surface area contributed by atoms with Crippen LogP contribution in [0.3, 0.4) is 0 Å². The number of nitrogens with two attached hydrogens (primary N) is 1. The number of thioether (sulfide) groups is 1. The average Bonchev–Trinajstić information content (AvgIpc) is 2.35.